The number of aliphatic hydroxyl groups is 1. The van der Waals surface area contributed by atoms with E-state index in [1.165, 1.54) is 10.4 Å². The molecule has 0 aromatic heterocycles. The van der Waals surface area contributed by atoms with Gasteiger partial charge in [-0.3, -0.25) is 19.6 Å². The van der Waals surface area contributed by atoms with Crippen molar-refractivity contribution in [2.75, 3.05) is 6.54 Å². The molecule has 0 bridgehead atoms. The second-order valence-electron chi connectivity index (χ2n) is 7.60. The molecule has 4 N–H and O–H groups in total. The Kier molecular flexibility index (Phi) is 7.82. The smallest absolute Gasteiger partial charge is 0.272 e. The fourth-order valence-electron chi connectivity index (χ4n) is 3.06. The molecule has 8 heteroatoms. The number of nitrogens with zero attached hydrogens (tertiary/aromatic N) is 1. The van der Waals surface area contributed by atoms with Crippen molar-refractivity contribution in [3.63, 3.8) is 0 Å². The maximum absolute atomic E-state index is 12.9. The summed E-state index contributed by atoms with van der Waals surface area (Å²) < 4.78 is 0. The van der Waals surface area contributed by atoms with Crippen molar-refractivity contribution in [1.29, 1.82) is 0 Å². The quantitative estimate of drug-likeness (QED) is 0.392. The molecule has 3 amide bonds. The summed E-state index contributed by atoms with van der Waals surface area (Å²) >= 11 is 0. The fraction of sp³-hybridized carbons (Fsp3) is 0.824. The van der Waals surface area contributed by atoms with Crippen LogP contribution >= 0.6 is 0 Å². The number of amides is 3. The van der Waals surface area contributed by atoms with Crippen molar-refractivity contribution in [2.24, 2.45) is 5.92 Å². The van der Waals surface area contributed by atoms with Gasteiger partial charge in [0.2, 0.25) is 11.8 Å². The first-order valence-corrected chi connectivity index (χ1v) is 8.87. The molecular weight excluding hydrogens is 326 g/mol. The summed E-state index contributed by atoms with van der Waals surface area (Å²) in [6.45, 7) is 7.95. The molecule has 1 aliphatic rings. The normalized spacial score (nSPS) is 20.1. The van der Waals surface area contributed by atoms with Crippen LogP contribution in [0.15, 0.2) is 0 Å². The minimum Gasteiger partial charge on any atom is -0.382 e. The van der Waals surface area contributed by atoms with Gasteiger partial charge in [-0.25, -0.2) is 5.48 Å². The van der Waals surface area contributed by atoms with Crippen LogP contribution in [0.2, 0.25) is 0 Å². The number of nitrogens with one attached hydrogen (secondary N) is 2. The van der Waals surface area contributed by atoms with Crippen LogP contribution < -0.4 is 10.8 Å². The molecule has 0 aliphatic carbocycles. The van der Waals surface area contributed by atoms with E-state index in [0.29, 0.717) is 32.2 Å². The number of aliphatic hydroxyl groups excluding tert-OH is 1. The van der Waals surface area contributed by atoms with Crippen LogP contribution in [0.3, 0.4) is 0 Å². The number of carbonyl (C=O) groups is 3. The molecule has 1 heterocycles. The van der Waals surface area contributed by atoms with E-state index in [1.807, 2.05) is 27.7 Å². The van der Waals surface area contributed by atoms with E-state index in [-0.39, 0.29) is 5.91 Å². The van der Waals surface area contributed by atoms with Gasteiger partial charge in [0, 0.05) is 12.1 Å². The summed E-state index contributed by atoms with van der Waals surface area (Å²) in [6, 6.07) is -0.597. The monoisotopic (exact) mass is 357 g/mol. The van der Waals surface area contributed by atoms with Crippen LogP contribution in [0.1, 0.15) is 59.8 Å². The van der Waals surface area contributed by atoms with Crippen molar-refractivity contribution in [2.45, 2.75) is 77.5 Å². The lowest BCUT2D eigenvalue weighted by Crippen LogP contribution is -2.54. The zero-order valence-corrected chi connectivity index (χ0v) is 15.5. The van der Waals surface area contributed by atoms with Crippen molar-refractivity contribution in [3.05, 3.63) is 0 Å². The molecule has 8 nitrogen and oxygen atoms in total. The Morgan fingerprint density at radius 3 is 2.44 bits per heavy atom. The lowest BCUT2D eigenvalue weighted by molar-refractivity contribution is -0.152. The summed E-state index contributed by atoms with van der Waals surface area (Å²) in [6.07, 6.45) is 1.36. The highest BCUT2D eigenvalue weighted by Gasteiger charge is 2.41. The molecule has 0 radical (unpaired) electrons. The van der Waals surface area contributed by atoms with E-state index < -0.39 is 35.4 Å². The van der Waals surface area contributed by atoms with E-state index in [1.54, 1.807) is 0 Å². The van der Waals surface area contributed by atoms with Crippen LogP contribution in [-0.2, 0) is 14.4 Å². The Hall–Kier alpha value is -1.67. The zero-order chi connectivity index (χ0) is 19.2. The molecule has 1 saturated heterocycles. The topological polar surface area (TPSA) is 119 Å². The molecule has 144 valence electrons. The van der Waals surface area contributed by atoms with Gasteiger partial charge in [-0.05, 0) is 40.0 Å². The molecule has 0 aromatic carbocycles. The average Bonchev–Trinajstić information content (AvgIpc) is 3.02. The third kappa shape index (κ3) is 5.97. The molecule has 25 heavy (non-hydrogen) atoms. The van der Waals surface area contributed by atoms with Gasteiger partial charge in [-0.15, -0.1) is 0 Å². The van der Waals surface area contributed by atoms with Crippen LogP contribution in [-0.4, -0.2) is 57.2 Å². The van der Waals surface area contributed by atoms with Gasteiger partial charge in [-0.2, -0.15) is 0 Å². The summed E-state index contributed by atoms with van der Waals surface area (Å²) in [5, 5.41) is 21.7. The average molecular weight is 357 g/mol. The van der Waals surface area contributed by atoms with Crippen LogP contribution in [0, 0.1) is 5.92 Å². The predicted octanol–water partition coefficient (Wildman–Crippen LogP) is 0.565. The molecule has 0 spiro atoms. The second-order valence-corrected chi connectivity index (χ2v) is 7.60. The highest BCUT2D eigenvalue weighted by molar-refractivity contribution is 5.92. The Morgan fingerprint density at radius 2 is 1.92 bits per heavy atom. The van der Waals surface area contributed by atoms with E-state index in [0.717, 1.165) is 6.42 Å². The van der Waals surface area contributed by atoms with Crippen molar-refractivity contribution < 1.29 is 24.7 Å². The highest BCUT2D eigenvalue weighted by Crippen LogP contribution is 2.25. The number of carbonyl (C=O) groups excluding carboxylic acids is 3. The Bertz CT molecular complexity index is 489. The van der Waals surface area contributed by atoms with Gasteiger partial charge in [0.25, 0.3) is 5.91 Å². The lowest BCUT2D eigenvalue weighted by Gasteiger charge is -2.31. The van der Waals surface area contributed by atoms with Gasteiger partial charge in [-0.1, -0.05) is 19.8 Å². The zero-order valence-electron chi connectivity index (χ0n) is 15.5. The second kappa shape index (κ2) is 9.15. The number of unbranched alkanes of at least 4 members (excludes halogenated alkanes) is 1. The molecule has 1 fully saturated rings. The number of hydroxylamine groups is 1. The van der Waals surface area contributed by atoms with E-state index in [2.05, 4.69) is 5.32 Å². The first-order valence-electron chi connectivity index (χ1n) is 8.87. The third-order valence-electron chi connectivity index (χ3n) is 4.28. The first kappa shape index (κ1) is 21.4. The third-order valence-corrected chi connectivity index (χ3v) is 4.28. The molecule has 0 saturated carbocycles. The summed E-state index contributed by atoms with van der Waals surface area (Å²) in [4.78, 5) is 38.4. The Labute approximate surface area is 148 Å². The fourth-order valence-corrected chi connectivity index (χ4v) is 3.06. The van der Waals surface area contributed by atoms with Crippen molar-refractivity contribution >= 4 is 17.7 Å². The minimum atomic E-state index is -1.64. The molecular formula is C17H31N3O5. The maximum atomic E-state index is 12.9. The molecule has 0 aromatic rings. The number of likely N-dealkylation sites (tertiary alicyclic amines) is 1. The summed E-state index contributed by atoms with van der Waals surface area (Å²) in [5.41, 5.74) is 0.983. The van der Waals surface area contributed by atoms with Gasteiger partial charge in [0.1, 0.15) is 12.1 Å². The minimum absolute atomic E-state index is 0.228. The van der Waals surface area contributed by atoms with E-state index in [4.69, 9.17) is 5.21 Å². The maximum Gasteiger partial charge on any atom is 0.272 e. The van der Waals surface area contributed by atoms with Crippen LogP contribution in [0.25, 0.3) is 0 Å². The van der Waals surface area contributed by atoms with Gasteiger partial charge < -0.3 is 15.3 Å². The molecule has 1 aliphatic heterocycles. The molecule has 1 rings (SSSR count). The standard InChI is InChI=1S/C17H31N3O5/c1-5-6-8-11(13(21)15(23)19-25)16(24)20-10-7-9-12(20)14(22)18-17(2,3)4/h11-13,21,25H,5-10H2,1-4H3,(H,18,22)(H,19,23)/t11?,12-,13?/m0/s1. The van der Waals surface area contributed by atoms with E-state index >= 15 is 0 Å². The summed E-state index contributed by atoms with van der Waals surface area (Å²) in [7, 11) is 0. The van der Waals surface area contributed by atoms with Crippen LogP contribution in [0.4, 0.5) is 0 Å². The van der Waals surface area contributed by atoms with Gasteiger partial charge in [0.05, 0.1) is 5.92 Å². The Balaban J connectivity index is 2.93. The SMILES string of the molecule is CCCCC(C(=O)N1CCC[C@H]1C(=O)NC(C)(C)C)C(O)C(=O)NO. The largest absolute Gasteiger partial charge is 0.382 e. The van der Waals surface area contributed by atoms with E-state index in [9.17, 15) is 19.5 Å². The Morgan fingerprint density at radius 1 is 1.28 bits per heavy atom. The number of hydrogen-bond acceptors (Lipinski definition) is 5. The van der Waals surface area contributed by atoms with Crippen molar-refractivity contribution in [1.82, 2.24) is 15.7 Å². The predicted molar refractivity (Wildman–Crippen MR) is 91.6 cm³/mol. The van der Waals surface area contributed by atoms with Gasteiger partial charge in [0.15, 0.2) is 0 Å². The number of hydrogen-bond donors (Lipinski definition) is 4. The molecule has 2 unspecified atom stereocenters. The number of rotatable bonds is 7. The van der Waals surface area contributed by atoms with Crippen molar-refractivity contribution in [3.8, 4) is 0 Å². The summed E-state index contributed by atoms with van der Waals surface area (Å²) in [5.74, 6) is -2.63. The first-order chi connectivity index (χ1) is 11.6. The van der Waals surface area contributed by atoms with Gasteiger partial charge >= 0.3 is 0 Å². The highest BCUT2D eigenvalue weighted by atomic mass is 16.5. The van der Waals surface area contributed by atoms with Crippen LogP contribution in [0.5, 0.6) is 0 Å². The molecule has 3 atom stereocenters. The lowest BCUT2D eigenvalue weighted by atomic mass is 9.93.